The maximum absolute atomic E-state index is 5.61. The summed E-state index contributed by atoms with van der Waals surface area (Å²) < 4.78 is 13.2. The molecule has 0 bridgehead atoms. The highest BCUT2D eigenvalue weighted by atomic mass is 16.5. The van der Waals surface area contributed by atoms with Crippen LogP contribution in [0.25, 0.3) is 5.65 Å². The van der Waals surface area contributed by atoms with Gasteiger partial charge in [0, 0.05) is 63.8 Å². The number of ether oxygens (including phenoxy) is 2. The van der Waals surface area contributed by atoms with Crippen molar-refractivity contribution in [1.82, 2.24) is 19.7 Å². The monoisotopic (exact) mass is 395 g/mol. The molecule has 3 unspecified atom stereocenters. The van der Waals surface area contributed by atoms with E-state index >= 15 is 0 Å². The first-order valence-corrected chi connectivity index (χ1v) is 10.0. The van der Waals surface area contributed by atoms with Crippen LogP contribution in [0.15, 0.2) is 33.6 Å². The topological polar surface area (TPSA) is 97.8 Å². The van der Waals surface area contributed by atoms with E-state index in [1.807, 2.05) is 10.6 Å². The van der Waals surface area contributed by atoms with E-state index in [0.29, 0.717) is 12.5 Å². The number of methoxy groups -OCH3 is 2. The fourth-order valence-corrected chi connectivity index (χ4v) is 4.33. The lowest BCUT2D eigenvalue weighted by atomic mass is 9.92. The van der Waals surface area contributed by atoms with Gasteiger partial charge in [0.05, 0.1) is 23.6 Å². The molecule has 1 saturated heterocycles. The minimum Gasteiger partial charge on any atom is -0.379 e. The molecule has 0 radical (unpaired) electrons. The van der Waals surface area contributed by atoms with Crippen LogP contribution in [0.3, 0.4) is 0 Å². The van der Waals surface area contributed by atoms with Gasteiger partial charge >= 0.3 is 0 Å². The molecule has 9 nitrogen and oxygen atoms in total. The highest BCUT2D eigenvalue weighted by molar-refractivity contribution is 6.43. The van der Waals surface area contributed by atoms with Gasteiger partial charge < -0.3 is 19.2 Å². The molecule has 1 aliphatic carbocycles. The van der Waals surface area contributed by atoms with E-state index in [2.05, 4.69) is 26.5 Å². The van der Waals surface area contributed by atoms with Gasteiger partial charge in [-0.25, -0.2) is 20.0 Å². The fourth-order valence-electron chi connectivity index (χ4n) is 4.33. The van der Waals surface area contributed by atoms with E-state index in [9.17, 15) is 0 Å². The molecule has 4 heterocycles. The fraction of sp³-hybridized carbons (Fsp3) is 0.550. The van der Waals surface area contributed by atoms with Gasteiger partial charge in [-0.05, 0) is 12.8 Å². The second-order valence-corrected chi connectivity index (χ2v) is 7.65. The number of rotatable bonds is 4. The largest absolute Gasteiger partial charge is 0.379 e. The predicted molar refractivity (Wildman–Crippen MR) is 111 cm³/mol. The van der Waals surface area contributed by atoms with E-state index in [-0.39, 0.29) is 18.1 Å². The Kier molecular flexibility index (Phi) is 4.84. The third-order valence-corrected chi connectivity index (χ3v) is 5.95. The van der Waals surface area contributed by atoms with E-state index < -0.39 is 0 Å². The van der Waals surface area contributed by atoms with Crippen LogP contribution in [0.1, 0.15) is 37.3 Å². The molecule has 0 amide bonds. The first-order valence-electron chi connectivity index (χ1n) is 10.0. The van der Waals surface area contributed by atoms with Crippen molar-refractivity contribution in [2.45, 2.75) is 43.8 Å². The van der Waals surface area contributed by atoms with Crippen LogP contribution in [0.2, 0.25) is 0 Å². The second kappa shape index (κ2) is 7.64. The number of amidine groups is 1. The van der Waals surface area contributed by atoms with Crippen LogP contribution in [0.5, 0.6) is 0 Å². The van der Waals surface area contributed by atoms with Crippen LogP contribution < -0.4 is 5.32 Å². The zero-order valence-electron chi connectivity index (χ0n) is 16.7. The van der Waals surface area contributed by atoms with Gasteiger partial charge in [0.15, 0.2) is 11.5 Å². The zero-order chi connectivity index (χ0) is 19.8. The van der Waals surface area contributed by atoms with E-state index in [4.69, 9.17) is 19.5 Å². The number of imidazole rings is 1. The maximum atomic E-state index is 5.61. The van der Waals surface area contributed by atoms with E-state index in [1.54, 1.807) is 20.4 Å². The highest BCUT2D eigenvalue weighted by Crippen LogP contribution is 2.29. The van der Waals surface area contributed by atoms with Gasteiger partial charge in [0.25, 0.3) is 0 Å². The molecule has 0 aromatic carbocycles. The van der Waals surface area contributed by atoms with Crippen molar-refractivity contribution in [3.05, 3.63) is 24.3 Å². The Hall–Kier alpha value is -2.65. The van der Waals surface area contributed by atoms with Crippen molar-refractivity contribution >= 4 is 28.7 Å². The number of fused-ring (bicyclic) bond motifs is 2. The molecule has 152 valence electrons. The Morgan fingerprint density at radius 3 is 2.93 bits per heavy atom. The van der Waals surface area contributed by atoms with Crippen molar-refractivity contribution in [3.8, 4) is 0 Å². The van der Waals surface area contributed by atoms with Crippen LogP contribution >= 0.6 is 0 Å². The number of aliphatic imine (C=N–C) groups is 3. The summed E-state index contributed by atoms with van der Waals surface area (Å²) in [7, 11) is 3.46. The molecule has 29 heavy (non-hydrogen) atoms. The van der Waals surface area contributed by atoms with Gasteiger partial charge in [-0.3, -0.25) is 4.99 Å². The quantitative estimate of drug-likeness (QED) is 0.853. The smallest absolute Gasteiger partial charge is 0.196 e. The molecule has 3 atom stereocenters. The molecule has 3 aliphatic rings. The van der Waals surface area contributed by atoms with Crippen molar-refractivity contribution in [3.63, 3.8) is 0 Å². The summed E-state index contributed by atoms with van der Waals surface area (Å²) >= 11 is 0. The van der Waals surface area contributed by atoms with Crippen molar-refractivity contribution in [2.75, 3.05) is 27.4 Å². The van der Waals surface area contributed by atoms with Gasteiger partial charge in [-0.2, -0.15) is 0 Å². The Morgan fingerprint density at radius 1 is 1.17 bits per heavy atom. The summed E-state index contributed by atoms with van der Waals surface area (Å²) in [5.74, 6) is 1.83. The minimum absolute atomic E-state index is 0.0204. The van der Waals surface area contributed by atoms with Gasteiger partial charge in [-0.15, -0.1) is 0 Å². The molecule has 9 heteroatoms. The maximum Gasteiger partial charge on any atom is 0.196 e. The molecule has 2 fully saturated rings. The zero-order valence-corrected chi connectivity index (χ0v) is 16.7. The Morgan fingerprint density at radius 2 is 2.07 bits per heavy atom. The predicted octanol–water partition coefficient (Wildman–Crippen LogP) is 1.90. The lowest BCUT2D eigenvalue weighted by molar-refractivity contribution is -0.0404. The Bertz CT molecular complexity index is 1010. The lowest BCUT2D eigenvalue weighted by Crippen LogP contribution is -2.40. The van der Waals surface area contributed by atoms with E-state index in [0.717, 1.165) is 60.8 Å². The standard InChI is InChI=1S/C20H25N7O2/c1-28-16-4-3-13(8-17(16)29-2)25-19-20-21-5-6-27(20)10-15(26-19)12-7-14-18(22-9-12)24-11-23-14/h5-6,10,12,16-17H,3-4,7-9,11H2,1-2H3,(H,22,24). The third-order valence-electron chi connectivity index (χ3n) is 5.95. The van der Waals surface area contributed by atoms with Crippen molar-refractivity contribution < 1.29 is 9.47 Å². The molecule has 2 aliphatic heterocycles. The van der Waals surface area contributed by atoms with Crippen LogP contribution in [-0.4, -0.2) is 71.3 Å². The van der Waals surface area contributed by atoms with Gasteiger partial charge in [0.2, 0.25) is 0 Å². The molecule has 2 aromatic heterocycles. The lowest BCUT2D eigenvalue weighted by Gasteiger charge is -2.30. The number of hydrogen-bond donors (Lipinski definition) is 1. The first-order chi connectivity index (χ1) is 14.2. The number of hydrogen-bond acceptors (Lipinski definition) is 8. The van der Waals surface area contributed by atoms with Gasteiger partial charge in [-0.1, -0.05) is 0 Å². The molecule has 0 spiro atoms. The molecule has 1 N–H and O–H groups in total. The van der Waals surface area contributed by atoms with E-state index in [1.165, 1.54) is 0 Å². The van der Waals surface area contributed by atoms with Gasteiger partial charge in [0.1, 0.15) is 12.5 Å². The third kappa shape index (κ3) is 3.44. The Balaban J connectivity index is 1.46. The molecule has 1 saturated carbocycles. The minimum atomic E-state index is 0.0204. The van der Waals surface area contributed by atoms with Crippen LogP contribution in [-0.2, 0) is 9.47 Å². The van der Waals surface area contributed by atoms with Crippen LogP contribution in [0, 0.1) is 0 Å². The average molecular weight is 395 g/mol. The van der Waals surface area contributed by atoms with Crippen molar-refractivity contribution in [1.29, 1.82) is 0 Å². The molecular weight excluding hydrogens is 370 g/mol. The molecule has 2 aromatic rings. The van der Waals surface area contributed by atoms with Crippen LogP contribution in [0.4, 0.5) is 5.82 Å². The summed E-state index contributed by atoms with van der Waals surface area (Å²) in [5, 5.41) is 3.39. The molecule has 5 rings (SSSR count). The summed E-state index contributed by atoms with van der Waals surface area (Å²) in [4.78, 5) is 23.2. The molecular formula is C20H25N7O2. The average Bonchev–Trinajstić information content (AvgIpc) is 3.42. The second-order valence-electron chi connectivity index (χ2n) is 7.65. The Labute approximate surface area is 169 Å². The summed E-state index contributed by atoms with van der Waals surface area (Å²) in [6, 6.07) is 0. The number of piperidine rings is 1. The van der Waals surface area contributed by atoms with Crippen molar-refractivity contribution in [2.24, 2.45) is 15.0 Å². The number of aromatic nitrogens is 3. The number of nitrogens with zero attached hydrogens (tertiary/aromatic N) is 6. The summed E-state index contributed by atoms with van der Waals surface area (Å²) in [6.45, 7) is 1.32. The first kappa shape index (κ1) is 18.4. The normalized spacial score (nSPS) is 28.2. The summed E-state index contributed by atoms with van der Waals surface area (Å²) in [5.41, 5.74) is 3.89. The highest BCUT2D eigenvalue weighted by Gasteiger charge is 2.30. The number of nitrogens with one attached hydrogen (secondary N) is 1. The summed E-state index contributed by atoms with van der Waals surface area (Å²) in [6.07, 6.45) is 9.27. The SMILES string of the molecule is COC1CCC(=Nc2nc(C3CNC4=NCN=C4C3)cn3ccnc23)CC1OC.